The number of phenolic OH excluding ortho intramolecular Hbond substituents is 1. The Bertz CT molecular complexity index is 3960. The first-order valence-corrected chi connectivity index (χ1v) is 42.5. The molecule has 0 aromatic heterocycles. The number of imide groups is 2. The van der Waals surface area contributed by atoms with E-state index >= 15 is 0 Å². The second-order valence-electron chi connectivity index (χ2n) is 34.1. The number of nitrogens with zero attached hydrogens (tertiary/aromatic N) is 1. The summed E-state index contributed by atoms with van der Waals surface area (Å²) in [5, 5.41) is 87.5. The number of nitrogens with two attached hydrogens (primary N) is 2. The molecule has 16 atom stereocenters. The molecule has 1 saturated heterocycles. The largest absolute Gasteiger partial charge is 0.508 e. The minimum absolute atomic E-state index is 0.00585. The number of aliphatic hydroxyl groups is 5. The van der Waals surface area contributed by atoms with Crippen molar-refractivity contribution in [3.8, 4) is 5.75 Å². The highest BCUT2D eigenvalue weighted by atomic mass is 16.6. The fourth-order valence-corrected chi connectivity index (χ4v) is 18.7. The number of aliphatic hydroxyl groups excluding tert-OH is 5. The quantitative estimate of drug-likeness (QED) is 0.0329. The van der Waals surface area contributed by atoms with Crippen molar-refractivity contribution in [2.45, 2.75) is 248 Å². The number of phenols is 1. The number of urea groups is 1. The van der Waals surface area contributed by atoms with Gasteiger partial charge in [0.25, 0.3) is 11.8 Å². The minimum atomic E-state index is -1.62. The van der Waals surface area contributed by atoms with Crippen LogP contribution < -0.4 is 59.3 Å². The van der Waals surface area contributed by atoms with E-state index in [1.807, 2.05) is 38.1 Å². The van der Waals surface area contributed by atoms with Crippen molar-refractivity contribution >= 4 is 70.8 Å². The zero-order valence-corrected chi connectivity index (χ0v) is 70.1. The van der Waals surface area contributed by atoms with Gasteiger partial charge >= 0.3 is 6.03 Å². The van der Waals surface area contributed by atoms with Crippen LogP contribution in [-0.2, 0) is 100 Å². The highest BCUT2D eigenvalue weighted by Crippen LogP contribution is 2.60. The smallest absolute Gasteiger partial charge is 0.312 e. The van der Waals surface area contributed by atoms with E-state index in [9.17, 15) is 83.4 Å². The number of anilines is 1. The number of carbonyl (C=O) groups excluding carboxylic acids is 11. The average molecular weight is 1690 g/mol. The highest BCUT2D eigenvalue weighted by molar-refractivity contribution is 6.13. The Morgan fingerprint density at radius 1 is 0.592 bits per heavy atom. The zero-order chi connectivity index (χ0) is 87.1. The van der Waals surface area contributed by atoms with Crippen LogP contribution in [0.3, 0.4) is 0 Å². The molecule has 12 amide bonds. The Morgan fingerprint density at radius 3 is 1.77 bits per heavy atom. The van der Waals surface area contributed by atoms with E-state index < -0.39 is 156 Å². The molecule has 2 saturated carbocycles. The van der Waals surface area contributed by atoms with Crippen LogP contribution in [0.1, 0.15) is 186 Å². The molecule has 2 aliphatic heterocycles. The number of aromatic hydroxyl groups is 1. The van der Waals surface area contributed by atoms with Crippen LogP contribution in [0, 0.1) is 28.6 Å². The molecule has 2 aromatic rings. The number of benzene rings is 2. The number of hydrogen-bond acceptors (Lipinski definition) is 25. The lowest BCUT2D eigenvalue weighted by molar-refractivity contribution is -0.234. The molecule has 35 heteroatoms. The van der Waals surface area contributed by atoms with Gasteiger partial charge in [-0.1, -0.05) is 79.4 Å². The van der Waals surface area contributed by atoms with Crippen LogP contribution >= 0.6 is 0 Å². The van der Waals surface area contributed by atoms with E-state index in [-0.39, 0.29) is 145 Å². The SMILES string of the molecule is CC(C)[C@H](NC(=O)[C@@H](CCCCNC(=O)COC1CCCCC/C(N[C@@H]2O[C@H](CO)[C@H](O)[C@H](O)[C@H]2O)=C\1N)NC(=O)CCOCCOCCOCCOCCN1C(=O)C=CC1=O)C(=O)N[C@@H](CCCNC(N)=O)C(=O)NC(CO)C(=O)Nc1ccc2c(c1)[C@@]1(C)CCC[C@](C)(C(=O)NC(=O)[C@@]3(C)CCC[C@]4(C)c5cc(O)ccc5CC[C@@H]34)[C@@H]1CC2. The summed E-state index contributed by atoms with van der Waals surface area (Å²) in [7, 11) is 0. The van der Waals surface area contributed by atoms with Crippen molar-refractivity contribution < 1.29 is 112 Å². The summed E-state index contributed by atoms with van der Waals surface area (Å²) in [6, 6.07) is 4.58. The monoisotopic (exact) mass is 1680 g/mol. The molecule has 5 aliphatic carbocycles. The Morgan fingerprint density at radius 2 is 1.16 bits per heavy atom. The van der Waals surface area contributed by atoms with Crippen LogP contribution in [-0.4, -0.2) is 254 Å². The molecule has 7 aliphatic rings. The molecular formula is C85H128N12O23. The number of rotatable bonds is 43. The van der Waals surface area contributed by atoms with Crippen LogP contribution in [0.4, 0.5) is 10.5 Å². The van der Waals surface area contributed by atoms with Crippen LogP contribution in [0.5, 0.6) is 5.75 Å². The number of carbonyl (C=O) groups is 11. The van der Waals surface area contributed by atoms with Gasteiger partial charge < -0.3 is 113 Å². The summed E-state index contributed by atoms with van der Waals surface area (Å²) in [5.74, 6) is -6.47. The number of primary amides is 1. The lowest BCUT2D eigenvalue weighted by Gasteiger charge is -2.56. The predicted octanol–water partition coefficient (Wildman–Crippen LogP) is 1.31. The summed E-state index contributed by atoms with van der Waals surface area (Å²) < 4.78 is 33.9. The number of amides is 12. The summed E-state index contributed by atoms with van der Waals surface area (Å²) in [5.41, 5.74) is 14.5. The Kier molecular flexibility index (Phi) is 35.1. The maximum atomic E-state index is 15.0. The number of hydrogen-bond donors (Lipinski definition) is 17. The van der Waals surface area contributed by atoms with E-state index in [1.165, 1.54) is 17.7 Å². The fourth-order valence-electron chi connectivity index (χ4n) is 18.7. The predicted molar refractivity (Wildman–Crippen MR) is 437 cm³/mol. The first-order chi connectivity index (χ1) is 57.3. The molecule has 0 bridgehead atoms. The number of nitrogens with one attached hydrogen (secondary N) is 9. The van der Waals surface area contributed by atoms with Gasteiger partial charge in [-0.05, 0) is 178 Å². The van der Waals surface area contributed by atoms with Crippen molar-refractivity contribution in [2.75, 3.05) is 97.6 Å². The Balaban J connectivity index is 0.799. The normalized spacial score (nSPS) is 27.4. The molecule has 35 nitrogen and oxygen atoms in total. The molecule has 19 N–H and O–H groups in total. The maximum absolute atomic E-state index is 15.0. The lowest BCUT2D eigenvalue weighted by atomic mass is 9.49. The van der Waals surface area contributed by atoms with Gasteiger partial charge in [0, 0.05) is 43.0 Å². The zero-order valence-electron chi connectivity index (χ0n) is 70.1. The Labute approximate surface area is 700 Å². The van der Waals surface area contributed by atoms with Crippen molar-refractivity contribution in [3.05, 3.63) is 82.2 Å². The topological polar surface area (TPSA) is 528 Å². The van der Waals surface area contributed by atoms with Crippen molar-refractivity contribution in [2.24, 2.45) is 40.1 Å². The standard InChI is InChI=1S/C85H128N12O23/c1-50(2)70(95-75(109)58(91-65(101)29-37-115-39-41-117-43-44-118-42-40-116-38-36-97-67(103)27-28-68(97)104)16-10-11-34-88-66(102)49-119-61-18-9-7-8-15-57(69(61)86)94-78-73(107)72(106)71(105)62(48-99)120-78)77(111)92-59(17-12-35-89-81(87)114)74(108)93-60(47-98)76(110)90-53-23-19-51-21-25-63-82(3,55(51)45-53)30-13-32-84(63,5)79(112)96-80(113)85(6)33-14-31-83(4)56-46-54(100)24-20-52(56)22-26-64(83)85/h19-20,23-24,27-28,45-46,50,58-64,70-73,78,94,98-100,105-107H,7-18,21-22,25-26,29-44,47-49,86H2,1-6H3,(H,88,102)(H,90,110)(H,91,101)(H,92,111)(H,93,108)(H,95,109)(H3,87,89,114)(H,96,112,113)/b69-57-/t58-,59+,60?,61?,62-,63-,64-,70+,71+,72+,73-,78-,82-,83-,84+,85+/m1/s1. The summed E-state index contributed by atoms with van der Waals surface area (Å²) in [6.45, 7) is 11.1. The Hall–Kier alpha value is -8.75. The number of allylic oxidation sites excluding steroid dienone is 1. The second-order valence-corrected chi connectivity index (χ2v) is 34.1. The molecule has 0 radical (unpaired) electrons. The van der Waals surface area contributed by atoms with E-state index in [0.29, 0.717) is 69.2 Å². The number of ether oxygens (including phenoxy) is 6. The summed E-state index contributed by atoms with van der Waals surface area (Å²) in [4.78, 5) is 151. The van der Waals surface area contributed by atoms with Crippen LogP contribution in [0.25, 0.3) is 0 Å². The maximum Gasteiger partial charge on any atom is 0.312 e. The number of aryl methyl sites for hydroxylation is 2. The third kappa shape index (κ3) is 24.4. The minimum Gasteiger partial charge on any atom is -0.508 e. The summed E-state index contributed by atoms with van der Waals surface area (Å²) in [6.07, 6.45) is 4.93. The van der Waals surface area contributed by atoms with Gasteiger partial charge in [0.1, 0.15) is 60.9 Å². The molecule has 3 fully saturated rings. The molecule has 0 spiro atoms. The van der Waals surface area contributed by atoms with Crippen LogP contribution in [0.15, 0.2) is 59.9 Å². The second kappa shape index (κ2) is 44.4. The average Bonchev–Trinajstić information content (AvgIpc) is 0.746. The lowest BCUT2D eigenvalue weighted by Crippen LogP contribution is -2.62. The molecular weight excluding hydrogens is 1560 g/mol. The van der Waals surface area contributed by atoms with Crippen molar-refractivity contribution in [1.29, 1.82) is 0 Å². The van der Waals surface area contributed by atoms with Gasteiger partial charge in [0.15, 0.2) is 6.23 Å². The highest BCUT2D eigenvalue weighted by Gasteiger charge is 2.59. The molecule has 2 unspecified atom stereocenters. The van der Waals surface area contributed by atoms with Gasteiger partial charge in [0.2, 0.25) is 47.3 Å². The molecule has 2 aromatic carbocycles. The van der Waals surface area contributed by atoms with Gasteiger partial charge in [-0.15, -0.1) is 0 Å². The van der Waals surface area contributed by atoms with Gasteiger partial charge in [0.05, 0.1) is 95.2 Å². The van der Waals surface area contributed by atoms with Gasteiger partial charge in [-0.2, -0.15) is 0 Å². The van der Waals surface area contributed by atoms with Crippen molar-refractivity contribution in [1.82, 2.24) is 47.4 Å². The third-order valence-corrected chi connectivity index (χ3v) is 25.5. The van der Waals surface area contributed by atoms with E-state index in [4.69, 9.17) is 39.9 Å². The van der Waals surface area contributed by atoms with Crippen molar-refractivity contribution in [3.63, 3.8) is 0 Å². The van der Waals surface area contributed by atoms with Gasteiger partial charge in [-0.25, -0.2) is 4.79 Å². The summed E-state index contributed by atoms with van der Waals surface area (Å²) >= 11 is 0. The number of unbranched alkanes of at least 4 members (excludes halogenated alkanes) is 1. The fraction of sp³-hybridized carbons (Fsp3) is 0.682. The van der Waals surface area contributed by atoms with E-state index in [0.717, 1.165) is 66.5 Å². The first kappa shape index (κ1) is 95.1. The first-order valence-electron chi connectivity index (χ1n) is 42.5. The third-order valence-electron chi connectivity index (χ3n) is 25.5. The molecule has 120 heavy (non-hydrogen) atoms. The van der Waals surface area contributed by atoms with Crippen LogP contribution in [0.2, 0.25) is 0 Å². The molecule has 2 heterocycles. The molecule has 9 rings (SSSR count). The molecule has 666 valence electrons. The van der Waals surface area contributed by atoms with E-state index in [2.05, 4.69) is 61.7 Å². The number of fused-ring (bicyclic) bond motifs is 6. The van der Waals surface area contributed by atoms with E-state index in [1.54, 1.807) is 26.0 Å². The van der Waals surface area contributed by atoms with Gasteiger partial charge in [-0.3, -0.25) is 58.2 Å².